The molecule has 0 spiro atoms. The van der Waals surface area contributed by atoms with E-state index < -0.39 is 47.3 Å². The van der Waals surface area contributed by atoms with Crippen LogP contribution in [0.5, 0.6) is 11.5 Å². The highest BCUT2D eigenvalue weighted by atomic mass is 79.9. The molecule has 1 fully saturated rings. The van der Waals surface area contributed by atoms with Crippen LogP contribution in [0.4, 0.5) is 0 Å². The molecule has 1 aromatic rings. The summed E-state index contributed by atoms with van der Waals surface area (Å²) < 4.78 is 31.1. The summed E-state index contributed by atoms with van der Waals surface area (Å²) in [5.41, 5.74) is -0.461. The van der Waals surface area contributed by atoms with Gasteiger partial charge in [0.1, 0.15) is 0 Å². The van der Waals surface area contributed by atoms with Crippen LogP contribution in [0.1, 0.15) is 36.4 Å². The van der Waals surface area contributed by atoms with E-state index >= 15 is 0 Å². The molecule has 0 aromatic heterocycles. The van der Waals surface area contributed by atoms with E-state index in [2.05, 4.69) is 5.32 Å². The number of hydrogen-bond donors (Lipinski definition) is 4. The summed E-state index contributed by atoms with van der Waals surface area (Å²) in [6.45, 7) is 0.615. The van der Waals surface area contributed by atoms with E-state index in [9.17, 15) is 15.3 Å². The van der Waals surface area contributed by atoms with Crippen LogP contribution in [0.25, 0.3) is 0 Å². The SMILES string of the molecule is Br.[2H]c1c([2H])c([C@]([2H])(O)[C@H]2CCCCN2)c([2H])c(O)c1O. The third-order valence-electron chi connectivity index (χ3n) is 2.67. The lowest BCUT2D eigenvalue weighted by Gasteiger charge is -2.28. The van der Waals surface area contributed by atoms with Crippen molar-refractivity contribution in [1.29, 1.82) is 0 Å². The quantitative estimate of drug-likeness (QED) is 0.629. The molecule has 1 aromatic carbocycles. The van der Waals surface area contributed by atoms with E-state index in [0.29, 0.717) is 13.0 Å². The molecule has 0 bridgehead atoms. The molecule has 1 aliphatic rings. The Morgan fingerprint density at radius 2 is 2.12 bits per heavy atom. The standard InChI is InChI=1S/C12H17NO3.BrH/c14-10-5-4-8(7-11(10)15)12(16)9-3-1-2-6-13-9;/h4-5,7,9,12-16H,1-3,6H2;1H/t9-,12+;/m1./s1/i4D,5D,7D,12D;. The number of aromatic hydroxyl groups is 2. The Morgan fingerprint density at radius 3 is 2.76 bits per heavy atom. The molecule has 4 nitrogen and oxygen atoms in total. The Labute approximate surface area is 117 Å². The molecule has 17 heavy (non-hydrogen) atoms. The molecule has 96 valence electrons. The average Bonchev–Trinajstić information content (AvgIpc) is 2.44. The lowest BCUT2D eigenvalue weighted by atomic mass is 9.95. The first-order chi connectivity index (χ1) is 9.28. The van der Waals surface area contributed by atoms with E-state index in [0.717, 1.165) is 12.8 Å². The maximum Gasteiger partial charge on any atom is 0.157 e. The van der Waals surface area contributed by atoms with Gasteiger partial charge < -0.3 is 20.6 Å². The third-order valence-corrected chi connectivity index (χ3v) is 2.67. The zero-order valence-electron chi connectivity index (χ0n) is 13.2. The smallest absolute Gasteiger partial charge is 0.157 e. The van der Waals surface area contributed by atoms with Crippen LogP contribution < -0.4 is 5.32 Å². The number of phenols is 2. The van der Waals surface area contributed by atoms with Gasteiger partial charge in [-0.2, -0.15) is 0 Å². The van der Waals surface area contributed by atoms with E-state index in [1.807, 2.05) is 0 Å². The molecular weight excluding hydrogens is 286 g/mol. The first-order valence-corrected chi connectivity index (χ1v) is 5.26. The summed E-state index contributed by atoms with van der Waals surface area (Å²) in [7, 11) is 0. The molecule has 0 unspecified atom stereocenters. The topological polar surface area (TPSA) is 72.7 Å². The van der Waals surface area contributed by atoms with Crippen LogP contribution in [0, 0.1) is 0 Å². The van der Waals surface area contributed by atoms with Gasteiger partial charge in [0, 0.05) is 6.04 Å². The lowest BCUT2D eigenvalue weighted by Crippen LogP contribution is -2.38. The second-order valence-corrected chi connectivity index (χ2v) is 3.83. The van der Waals surface area contributed by atoms with Crippen LogP contribution in [-0.4, -0.2) is 27.9 Å². The molecule has 2 rings (SSSR count). The normalized spacial score (nSPS) is 26.8. The largest absolute Gasteiger partial charge is 0.504 e. The number of phenolic OH excluding ortho intramolecular Hbond substituents is 2. The Kier molecular flexibility index (Phi) is 3.37. The van der Waals surface area contributed by atoms with Crippen molar-refractivity contribution < 1.29 is 20.8 Å². The summed E-state index contributed by atoms with van der Waals surface area (Å²) >= 11 is 0. The molecule has 0 radical (unpaired) electrons. The Balaban J connectivity index is 0.00000220. The number of rotatable bonds is 2. The molecule has 1 aliphatic heterocycles. The van der Waals surface area contributed by atoms with Crippen molar-refractivity contribution in [3.05, 3.63) is 23.7 Å². The maximum atomic E-state index is 10.4. The maximum absolute atomic E-state index is 10.4. The van der Waals surface area contributed by atoms with Gasteiger partial charge >= 0.3 is 0 Å². The van der Waals surface area contributed by atoms with Crippen LogP contribution >= 0.6 is 17.0 Å². The summed E-state index contributed by atoms with van der Waals surface area (Å²) in [5, 5.41) is 32.4. The molecule has 0 saturated carbocycles. The summed E-state index contributed by atoms with van der Waals surface area (Å²) in [6, 6.07) is -2.69. The first kappa shape index (κ1) is 9.19. The van der Waals surface area contributed by atoms with E-state index in [1.165, 1.54) is 0 Å². The molecule has 2 atom stereocenters. The highest BCUT2D eigenvalue weighted by molar-refractivity contribution is 8.93. The van der Waals surface area contributed by atoms with Gasteiger partial charge in [-0.25, -0.2) is 0 Å². The zero-order chi connectivity index (χ0) is 15.1. The monoisotopic (exact) mass is 307 g/mol. The van der Waals surface area contributed by atoms with Gasteiger partial charge in [0.05, 0.1) is 11.6 Å². The highest BCUT2D eigenvalue weighted by Crippen LogP contribution is 2.30. The van der Waals surface area contributed by atoms with Crippen LogP contribution in [-0.2, 0) is 0 Å². The molecule has 5 heteroatoms. The number of piperidine rings is 1. The van der Waals surface area contributed by atoms with Gasteiger partial charge in [0.2, 0.25) is 0 Å². The van der Waals surface area contributed by atoms with E-state index in [-0.39, 0.29) is 17.0 Å². The fourth-order valence-corrected chi connectivity index (χ4v) is 1.78. The molecule has 1 heterocycles. The van der Waals surface area contributed by atoms with Crippen LogP contribution in [0.2, 0.25) is 0 Å². The van der Waals surface area contributed by atoms with Gasteiger partial charge in [0.15, 0.2) is 11.5 Å². The number of hydrogen-bond acceptors (Lipinski definition) is 4. The summed E-state index contributed by atoms with van der Waals surface area (Å²) in [4.78, 5) is 0. The minimum atomic E-state index is -2.31. The Hall–Kier alpha value is -0.780. The van der Waals surface area contributed by atoms with Crippen molar-refractivity contribution >= 4 is 17.0 Å². The first-order valence-electron chi connectivity index (χ1n) is 7.26. The zero-order valence-corrected chi connectivity index (χ0v) is 10.9. The minimum absolute atomic E-state index is 0. The van der Waals surface area contributed by atoms with Crippen LogP contribution in [0.3, 0.4) is 0 Å². The van der Waals surface area contributed by atoms with Gasteiger partial charge in [-0.3, -0.25) is 0 Å². The molecule has 0 amide bonds. The van der Waals surface area contributed by atoms with E-state index in [1.54, 1.807) is 0 Å². The van der Waals surface area contributed by atoms with Crippen molar-refractivity contribution in [1.82, 2.24) is 5.32 Å². The summed E-state index contributed by atoms with van der Waals surface area (Å²) in [5.74, 6) is -1.77. The number of aliphatic hydroxyl groups is 1. The van der Waals surface area contributed by atoms with Gasteiger partial charge in [0.25, 0.3) is 0 Å². The van der Waals surface area contributed by atoms with E-state index in [4.69, 9.17) is 5.48 Å². The second kappa shape index (κ2) is 6.23. The molecular formula is C12H18BrNO3. The second-order valence-electron chi connectivity index (χ2n) is 3.83. The molecule has 4 N–H and O–H groups in total. The van der Waals surface area contributed by atoms with Gasteiger partial charge in [-0.15, -0.1) is 17.0 Å². The third kappa shape index (κ3) is 3.34. The van der Waals surface area contributed by atoms with Gasteiger partial charge in [-0.1, -0.05) is 12.5 Å². The van der Waals surface area contributed by atoms with Crippen molar-refractivity contribution in [3.63, 3.8) is 0 Å². The van der Waals surface area contributed by atoms with Crippen molar-refractivity contribution in [3.8, 4) is 11.5 Å². The number of benzene rings is 1. The van der Waals surface area contributed by atoms with Crippen molar-refractivity contribution in [2.24, 2.45) is 0 Å². The Bertz CT molecular complexity index is 507. The molecule has 0 aliphatic carbocycles. The van der Waals surface area contributed by atoms with Gasteiger partial charge in [-0.05, 0) is 37.0 Å². The van der Waals surface area contributed by atoms with Crippen molar-refractivity contribution in [2.75, 3.05) is 6.54 Å². The lowest BCUT2D eigenvalue weighted by molar-refractivity contribution is 0.113. The predicted octanol–water partition coefficient (Wildman–Crippen LogP) is 1.85. The van der Waals surface area contributed by atoms with Crippen molar-refractivity contribution in [2.45, 2.75) is 31.4 Å². The fourth-order valence-electron chi connectivity index (χ4n) is 1.78. The predicted molar refractivity (Wildman–Crippen MR) is 70.7 cm³/mol. The van der Waals surface area contributed by atoms with Crippen LogP contribution in [0.15, 0.2) is 18.1 Å². The average molecular weight is 308 g/mol. The Morgan fingerprint density at radius 1 is 1.35 bits per heavy atom. The summed E-state index contributed by atoms with van der Waals surface area (Å²) in [6.07, 6.45) is -0.0979. The number of nitrogens with one attached hydrogen (secondary N) is 1. The highest BCUT2D eigenvalue weighted by Gasteiger charge is 2.23. The fraction of sp³-hybridized carbons (Fsp3) is 0.500. The molecule has 1 saturated heterocycles. The number of halogens is 1. The minimum Gasteiger partial charge on any atom is -0.504 e.